The second-order valence-corrected chi connectivity index (χ2v) is 5.94. The molecule has 2 amide bonds. The first-order valence-corrected chi connectivity index (χ1v) is 7.80. The molecule has 0 saturated carbocycles. The van der Waals surface area contributed by atoms with Crippen LogP contribution in [0.3, 0.4) is 0 Å². The Labute approximate surface area is 144 Å². The summed E-state index contributed by atoms with van der Waals surface area (Å²) >= 11 is 3.27. The SMILES string of the molecule is CCOC(=O)C1=NN(N=O)C2C(=O)N(c3cccc(Br)c3)C(=O)C12. The first-order valence-electron chi connectivity index (χ1n) is 7.01. The molecule has 0 spiro atoms. The number of nitrogens with zero attached hydrogens (tertiary/aromatic N) is 4. The van der Waals surface area contributed by atoms with Crippen molar-refractivity contribution >= 4 is 45.1 Å². The van der Waals surface area contributed by atoms with Crippen LogP contribution in [-0.4, -0.2) is 41.3 Å². The van der Waals surface area contributed by atoms with Gasteiger partial charge in [0.25, 0.3) is 5.91 Å². The Morgan fingerprint density at radius 1 is 1.38 bits per heavy atom. The van der Waals surface area contributed by atoms with E-state index in [0.717, 1.165) is 4.90 Å². The number of esters is 1. The van der Waals surface area contributed by atoms with Crippen molar-refractivity contribution in [1.82, 2.24) is 5.12 Å². The zero-order chi connectivity index (χ0) is 17.4. The highest BCUT2D eigenvalue weighted by atomic mass is 79.9. The quantitative estimate of drug-likeness (QED) is 0.431. The van der Waals surface area contributed by atoms with Crippen molar-refractivity contribution in [2.45, 2.75) is 13.0 Å². The minimum Gasteiger partial charge on any atom is -0.461 e. The van der Waals surface area contributed by atoms with Gasteiger partial charge < -0.3 is 4.74 Å². The third-order valence-corrected chi connectivity index (χ3v) is 4.16. The Kier molecular flexibility index (Phi) is 4.14. The standard InChI is InChI=1S/C14H11BrN4O5/c1-2-24-14(22)10-9-11(19(16-10)17-23)13(21)18(12(9)20)8-5-3-4-7(15)6-8/h3-6,9,11H,2H2,1H3. The molecule has 3 rings (SSSR count). The monoisotopic (exact) mass is 394 g/mol. The molecule has 0 N–H and O–H groups in total. The van der Waals surface area contributed by atoms with Gasteiger partial charge in [0, 0.05) is 4.47 Å². The van der Waals surface area contributed by atoms with Crippen molar-refractivity contribution < 1.29 is 19.1 Å². The van der Waals surface area contributed by atoms with Crippen molar-refractivity contribution in [3.63, 3.8) is 0 Å². The number of fused-ring (bicyclic) bond motifs is 1. The Hall–Kier alpha value is -2.62. The molecule has 24 heavy (non-hydrogen) atoms. The summed E-state index contributed by atoms with van der Waals surface area (Å²) in [4.78, 5) is 49.2. The average molecular weight is 395 g/mol. The van der Waals surface area contributed by atoms with Crippen molar-refractivity contribution in [2.24, 2.45) is 16.3 Å². The summed E-state index contributed by atoms with van der Waals surface area (Å²) < 4.78 is 5.51. The first kappa shape index (κ1) is 16.2. The lowest BCUT2D eigenvalue weighted by molar-refractivity contribution is -0.136. The number of hydrogen-bond acceptors (Lipinski definition) is 7. The predicted molar refractivity (Wildman–Crippen MR) is 85.6 cm³/mol. The smallest absolute Gasteiger partial charge is 0.355 e. The molecule has 1 aromatic rings. The normalized spacial score (nSPS) is 22.5. The minimum absolute atomic E-state index is 0.0707. The second kappa shape index (κ2) is 6.11. The molecule has 9 nitrogen and oxygen atoms in total. The van der Waals surface area contributed by atoms with Gasteiger partial charge in [-0.3, -0.25) is 9.59 Å². The number of hydrazone groups is 1. The molecule has 0 aromatic heterocycles. The molecule has 2 unspecified atom stereocenters. The Morgan fingerprint density at radius 3 is 2.75 bits per heavy atom. The molecule has 2 heterocycles. The Balaban J connectivity index is 2.02. The van der Waals surface area contributed by atoms with Crippen LogP contribution in [0.1, 0.15) is 6.92 Å². The number of carbonyl (C=O) groups excluding carboxylic acids is 3. The molecule has 1 saturated heterocycles. The fourth-order valence-electron chi connectivity index (χ4n) is 2.70. The maximum atomic E-state index is 12.7. The molecule has 0 radical (unpaired) electrons. The number of hydrogen-bond donors (Lipinski definition) is 0. The second-order valence-electron chi connectivity index (χ2n) is 5.02. The zero-order valence-corrected chi connectivity index (χ0v) is 14.0. The molecule has 0 bridgehead atoms. The molecular formula is C14H11BrN4O5. The lowest BCUT2D eigenvalue weighted by atomic mass is 9.98. The summed E-state index contributed by atoms with van der Waals surface area (Å²) in [7, 11) is 0. The number of benzene rings is 1. The Morgan fingerprint density at radius 2 is 2.12 bits per heavy atom. The molecule has 2 aliphatic rings. The summed E-state index contributed by atoms with van der Waals surface area (Å²) in [5, 5.41) is 6.86. The van der Waals surface area contributed by atoms with Crippen molar-refractivity contribution in [1.29, 1.82) is 0 Å². The van der Waals surface area contributed by atoms with Crippen molar-refractivity contribution in [2.75, 3.05) is 11.5 Å². The lowest BCUT2D eigenvalue weighted by Crippen LogP contribution is -2.36. The highest BCUT2D eigenvalue weighted by molar-refractivity contribution is 9.10. The van der Waals surface area contributed by atoms with Crippen molar-refractivity contribution in [3.8, 4) is 0 Å². The van der Waals surface area contributed by atoms with Gasteiger partial charge in [-0.1, -0.05) is 22.0 Å². The third-order valence-electron chi connectivity index (χ3n) is 3.66. The number of anilines is 1. The number of amides is 2. The number of halogens is 1. The molecule has 10 heteroatoms. The van der Waals surface area contributed by atoms with Gasteiger partial charge in [0.15, 0.2) is 11.8 Å². The molecular weight excluding hydrogens is 384 g/mol. The van der Waals surface area contributed by atoms with E-state index in [-0.39, 0.29) is 12.3 Å². The zero-order valence-electron chi connectivity index (χ0n) is 12.4. The van der Waals surface area contributed by atoms with E-state index in [9.17, 15) is 19.3 Å². The number of carbonyl (C=O) groups is 3. The van der Waals surface area contributed by atoms with Gasteiger partial charge in [-0.25, -0.2) is 9.69 Å². The van der Waals surface area contributed by atoms with Gasteiger partial charge in [0.05, 0.1) is 17.6 Å². The molecule has 2 atom stereocenters. The van der Waals surface area contributed by atoms with E-state index in [1.165, 1.54) is 0 Å². The number of rotatable bonds is 4. The summed E-state index contributed by atoms with van der Waals surface area (Å²) in [6, 6.07) is 5.27. The van der Waals surface area contributed by atoms with Crippen LogP contribution in [-0.2, 0) is 19.1 Å². The molecule has 0 aliphatic carbocycles. The number of nitroso groups, excluding NO2 is 1. The van der Waals surface area contributed by atoms with Gasteiger partial charge >= 0.3 is 5.97 Å². The highest BCUT2D eigenvalue weighted by Gasteiger charge is 2.59. The van der Waals surface area contributed by atoms with Crippen LogP contribution < -0.4 is 4.90 Å². The minimum atomic E-state index is -1.27. The van der Waals surface area contributed by atoms with Crippen LogP contribution in [0.15, 0.2) is 39.1 Å². The van der Waals surface area contributed by atoms with Crippen LogP contribution in [0.5, 0.6) is 0 Å². The third kappa shape index (κ3) is 2.39. The fourth-order valence-corrected chi connectivity index (χ4v) is 3.09. The van der Waals surface area contributed by atoms with E-state index in [4.69, 9.17) is 4.74 Å². The molecule has 1 fully saturated rings. The maximum absolute atomic E-state index is 12.7. The first-order chi connectivity index (χ1) is 11.5. The molecule has 2 aliphatic heterocycles. The van der Waals surface area contributed by atoms with E-state index in [1.807, 2.05) is 0 Å². The maximum Gasteiger partial charge on any atom is 0.355 e. The van der Waals surface area contributed by atoms with E-state index in [1.54, 1.807) is 31.2 Å². The Bertz CT molecular complexity index is 780. The molecule has 1 aromatic carbocycles. The van der Waals surface area contributed by atoms with Crippen LogP contribution in [0.2, 0.25) is 0 Å². The lowest BCUT2D eigenvalue weighted by Gasteiger charge is -2.16. The van der Waals surface area contributed by atoms with E-state index in [2.05, 4.69) is 26.3 Å². The average Bonchev–Trinajstić information content (AvgIpc) is 3.05. The summed E-state index contributed by atoms with van der Waals surface area (Å²) in [5.41, 5.74) is 0.0279. The molecule has 124 valence electrons. The van der Waals surface area contributed by atoms with Crippen LogP contribution in [0, 0.1) is 10.8 Å². The fraction of sp³-hybridized carbons (Fsp3) is 0.286. The van der Waals surface area contributed by atoms with E-state index < -0.39 is 29.7 Å². The van der Waals surface area contributed by atoms with E-state index in [0.29, 0.717) is 15.3 Å². The van der Waals surface area contributed by atoms with E-state index >= 15 is 0 Å². The summed E-state index contributed by atoms with van der Waals surface area (Å²) in [6.07, 6.45) is 0. The predicted octanol–water partition coefficient (Wildman–Crippen LogP) is 1.22. The van der Waals surface area contributed by atoms with Crippen LogP contribution in [0.4, 0.5) is 5.69 Å². The summed E-state index contributed by atoms with van der Waals surface area (Å²) in [5.74, 6) is -3.39. The van der Waals surface area contributed by atoms with Gasteiger partial charge in [-0.2, -0.15) is 0 Å². The van der Waals surface area contributed by atoms with Gasteiger partial charge in [0.1, 0.15) is 5.92 Å². The number of imide groups is 1. The number of ether oxygens (including phenoxy) is 1. The highest BCUT2D eigenvalue weighted by Crippen LogP contribution is 2.36. The largest absolute Gasteiger partial charge is 0.461 e. The van der Waals surface area contributed by atoms with Gasteiger partial charge in [-0.15, -0.1) is 15.1 Å². The van der Waals surface area contributed by atoms with Crippen molar-refractivity contribution in [3.05, 3.63) is 33.6 Å². The van der Waals surface area contributed by atoms with Gasteiger partial charge in [0.2, 0.25) is 5.91 Å². The van der Waals surface area contributed by atoms with Gasteiger partial charge in [-0.05, 0) is 25.1 Å². The topological polar surface area (TPSA) is 109 Å². The van der Waals surface area contributed by atoms with Crippen LogP contribution >= 0.6 is 15.9 Å². The summed E-state index contributed by atoms with van der Waals surface area (Å²) in [6.45, 7) is 1.66. The van der Waals surface area contributed by atoms with Crippen LogP contribution in [0.25, 0.3) is 0 Å².